The lowest BCUT2D eigenvalue weighted by Gasteiger charge is -2.18. The van der Waals surface area contributed by atoms with Gasteiger partial charge in [-0.15, -0.1) is 0 Å². The molecule has 1 aliphatic carbocycles. The van der Waals surface area contributed by atoms with E-state index in [0.717, 1.165) is 12.3 Å². The predicted octanol–water partition coefficient (Wildman–Crippen LogP) is 6.76. The third kappa shape index (κ3) is 6.93. The van der Waals surface area contributed by atoms with Crippen LogP contribution in [-0.2, 0) is 0 Å². The Hall–Kier alpha value is -1.04. The van der Waals surface area contributed by atoms with E-state index in [2.05, 4.69) is 58.9 Å². The second-order valence-corrected chi connectivity index (χ2v) is 6.58. The minimum Gasteiger partial charge on any atom is -0.0853 e. The van der Waals surface area contributed by atoms with Gasteiger partial charge in [-0.1, -0.05) is 46.6 Å². The molecular formula is C20H32. The molecule has 0 saturated heterocycles. The Labute approximate surface area is 126 Å². The molecular weight excluding hydrogens is 240 g/mol. The highest BCUT2D eigenvalue weighted by Crippen LogP contribution is 2.26. The van der Waals surface area contributed by atoms with Crippen LogP contribution >= 0.6 is 0 Å². The van der Waals surface area contributed by atoms with Crippen molar-refractivity contribution in [3.63, 3.8) is 0 Å². The molecule has 1 rings (SSSR count). The van der Waals surface area contributed by atoms with E-state index in [1.54, 1.807) is 16.7 Å². The maximum atomic E-state index is 2.47. The van der Waals surface area contributed by atoms with Crippen LogP contribution in [-0.4, -0.2) is 0 Å². The summed E-state index contributed by atoms with van der Waals surface area (Å²) in [5, 5.41) is 0. The van der Waals surface area contributed by atoms with E-state index < -0.39 is 0 Å². The summed E-state index contributed by atoms with van der Waals surface area (Å²) < 4.78 is 0. The molecule has 112 valence electrons. The van der Waals surface area contributed by atoms with Gasteiger partial charge in [0.05, 0.1) is 0 Å². The number of hydrogen-bond acceptors (Lipinski definition) is 0. The third-order valence-electron chi connectivity index (χ3n) is 4.28. The van der Waals surface area contributed by atoms with Crippen molar-refractivity contribution >= 4 is 0 Å². The molecule has 0 aromatic rings. The fraction of sp³-hybridized carbons (Fsp3) is 0.600. The van der Waals surface area contributed by atoms with Crippen LogP contribution in [0.5, 0.6) is 0 Å². The summed E-state index contributed by atoms with van der Waals surface area (Å²) in [7, 11) is 0. The average Bonchev–Trinajstić information content (AvgIpc) is 2.37. The SMILES string of the molecule is CC(C)=CC/C=C(\C)C1C/C=C(\C)CC/C=C(\C)CC1. The van der Waals surface area contributed by atoms with E-state index in [0.29, 0.717) is 0 Å². The second-order valence-electron chi connectivity index (χ2n) is 6.58. The van der Waals surface area contributed by atoms with Gasteiger partial charge in [-0.05, 0) is 79.1 Å². The molecule has 0 radical (unpaired) electrons. The fourth-order valence-electron chi connectivity index (χ4n) is 2.67. The van der Waals surface area contributed by atoms with Gasteiger partial charge in [0.2, 0.25) is 0 Å². The number of hydrogen-bond donors (Lipinski definition) is 0. The van der Waals surface area contributed by atoms with Crippen LogP contribution in [0.4, 0.5) is 0 Å². The summed E-state index contributed by atoms with van der Waals surface area (Å²) in [4.78, 5) is 0. The molecule has 1 atom stereocenters. The molecule has 0 saturated carbocycles. The molecule has 0 nitrogen and oxygen atoms in total. The molecule has 0 aliphatic heterocycles. The molecule has 0 fully saturated rings. The first kappa shape index (κ1) is 17.0. The highest BCUT2D eigenvalue weighted by Gasteiger charge is 2.10. The van der Waals surface area contributed by atoms with Crippen LogP contribution in [0.15, 0.2) is 46.6 Å². The van der Waals surface area contributed by atoms with Crippen LogP contribution in [0.2, 0.25) is 0 Å². The summed E-state index contributed by atoms with van der Waals surface area (Å²) in [5.41, 5.74) is 6.11. The van der Waals surface area contributed by atoms with Crippen LogP contribution in [0, 0.1) is 5.92 Å². The Morgan fingerprint density at radius 2 is 1.75 bits per heavy atom. The van der Waals surface area contributed by atoms with E-state index in [4.69, 9.17) is 0 Å². The van der Waals surface area contributed by atoms with Gasteiger partial charge < -0.3 is 0 Å². The average molecular weight is 272 g/mol. The monoisotopic (exact) mass is 272 g/mol. The standard InChI is InChI=1S/C20H32/c1-16(2)8-6-11-19(5)20-14-12-17(3)9-7-10-18(4)13-15-20/h8-9,11,13,20H,6-7,10,12,14-15H2,1-5H3/b17-9+,18-13+,19-11+. The van der Waals surface area contributed by atoms with Gasteiger partial charge in [-0.3, -0.25) is 0 Å². The molecule has 0 amide bonds. The van der Waals surface area contributed by atoms with Gasteiger partial charge in [0, 0.05) is 0 Å². The summed E-state index contributed by atoms with van der Waals surface area (Å²) in [6, 6.07) is 0. The number of rotatable bonds is 3. The van der Waals surface area contributed by atoms with Crippen molar-refractivity contribution in [1.82, 2.24) is 0 Å². The largest absolute Gasteiger partial charge is 0.0853 e. The summed E-state index contributed by atoms with van der Waals surface area (Å²) >= 11 is 0. The highest BCUT2D eigenvalue weighted by molar-refractivity contribution is 5.13. The Morgan fingerprint density at radius 3 is 2.45 bits per heavy atom. The minimum absolute atomic E-state index is 0.719. The molecule has 0 aromatic heterocycles. The van der Waals surface area contributed by atoms with Crippen molar-refractivity contribution in [1.29, 1.82) is 0 Å². The maximum absolute atomic E-state index is 2.47. The molecule has 1 unspecified atom stereocenters. The Kier molecular flexibility index (Phi) is 7.65. The van der Waals surface area contributed by atoms with Gasteiger partial charge in [-0.25, -0.2) is 0 Å². The Balaban J connectivity index is 2.73. The van der Waals surface area contributed by atoms with Crippen molar-refractivity contribution in [2.45, 2.75) is 73.1 Å². The molecule has 0 N–H and O–H groups in total. The van der Waals surface area contributed by atoms with Gasteiger partial charge in [0.15, 0.2) is 0 Å². The van der Waals surface area contributed by atoms with Crippen molar-refractivity contribution < 1.29 is 0 Å². The minimum atomic E-state index is 0.719. The third-order valence-corrected chi connectivity index (χ3v) is 4.28. The quantitative estimate of drug-likeness (QED) is 0.498. The Bertz CT molecular complexity index is 411. The topological polar surface area (TPSA) is 0 Å². The van der Waals surface area contributed by atoms with Crippen molar-refractivity contribution in [3.05, 3.63) is 46.6 Å². The number of allylic oxidation sites excluding steroid dienone is 8. The van der Waals surface area contributed by atoms with Crippen molar-refractivity contribution in [3.8, 4) is 0 Å². The summed E-state index contributed by atoms with van der Waals surface area (Å²) in [5.74, 6) is 0.719. The van der Waals surface area contributed by atoms with E-state index in [-0.39, 0.29) is 0 Å². The fourth-order valence-corrected chi connectivity index (χ4v) is 2.67. The molecule has 0 spiro atoms. The zero-order valence-electron chi connectivity index (χ0n) is 14.1. The first-order valence-corrected chi connectivity index (χ1v) is 8.10. The molecule has 0 heterocycles. The predicted molar refractivity (Wildman–Crippen MR) is 91.9 cm³/mol. The molecule has 20 heavy (non-hydrogen) atoms. The van der Waals surface area contributed by atoms with Crippen molar-refractivity contribution in [2.24, 2.45) is 5.92 Å². The van der Waals surface area contributed by atoms with Crippen LogP contribution in [0.1, 0.15) is 73.1 Å². The van der Waals surface area contributed by atoms with E-state index in [1.807, 2.05) is 0 Å². The first-order chi connectivity index (χ1) is 9.49. The molecule has 0 heteroatoms. The molecule has 0 bridgehead atoms. The van der Waals surface area contributed by atoms with E-state index >= 15 is 0 Å². The lowest BCUT2D eigenvalue weighted by Crippen LogP contribution is -2.03. The molecule has 0 aromatic carbocycles. The van der Waals surface area contributed by atoms with E-state index in [1.165, 1.54) is 37.7 Å². The lowest BCUT2D eigenvalue weighted by atomic mass is 9.87. The highest BCUT2D eigenvalue weighted by atomic mass is 14.2. The van der Waals surface area contributed by atoms with Gasteiger partial charge >= 0.3 is 0 Å². The van der Waals surface area contributed by atoms with Crippen molar-refractivity contribution in [2.75, 3.05) is 0 Å². The van der Waals surface area contributed by atoms with Crippen LogP contribution in [0.25, 0.3) is 0 Å². The first-order valence-electron chi connectivity index (χ1n) is 8.10. The zero-order valence-corrected chi connectivity index (χ0v) is 14.1. The zero-order chi connectivity index (χ0) is 15.0. The van der Waals surface area contributed by atoms with Gasteiger partial charge in [-0.2, -0.15) is 0 Å². The smallest absolute Gasteiger partial charge is 0.0164 e. The van der Waals surface area contributed by atoms with Crippen LogP contribution < -0.4 is 0 Å². The summed E-state index contributed by atoms with van der Waals surface area (Å²) in [6.45, 7) is 11.2. The van der Waals surface area contributed by atoms with Crippen LogP contribution in [0.3, 0.4) is 0 Å². The molecule has 1 aliphatic rings. The van der Waals surface area contributed by atoms with Gasteiger partial charge in [0.1, 0.15) is 0 Å². The lowest BCUT2D eigenvalue weighted by molar-refractivity contribution is 0.559. The Morgan fingerprint density at radius 1 is 1.05 bits per heavy atom. The second kappa shape index (κ2) is 9.00. The summed E-state index contributed by atoms with van der Waals surface area (Å²) in [6.07, 6.45) is 16.9. The van der Waals surface area contributed by atoms with E-state index in [9.17, 15) is 0 Å². The normalized spacial score (nSPS) is 27.1. The maximum Gasteiger partial charge on any atom is -0.0164 e. The van der Waals surface area contributed by atoms with Gasteiger partial charge in [0.25, 0.3) is 0 Å².